The summed E-state index contributed by atoms with van der Waals surface area (Å²) in [5, 5.41) is 2.85. The Hall–Kier alpha value is -0.940. The minimum absolute atomic E-state index is 0.0917. The third-order valence-corrected chi connectivity index (χ3v) is 3.20. The van der Waals surface area contributed by atoms with Crippen molar-refractivity contribution in [2.45, 2.75) is 19.3 Å². The van der Waals surface area contributed by atoms with Crippen LogP contribution in [0.1, 0.15) is 29.6 Å². The van der Waals surface area contributed by atoms with E-state index in [0.717, 1.165) is 23.4 Å². The number of ether oxygens (including phenoxy) is 1. The van der Waals surface area contributed by atoms with Crippen LogP contribution in [0.5, 0.6) is 0 Å². The summed E-state index contributed by atoms with van der Waals surface area (Å²) in [5.41, 5.74) is 0.572. The molecule has 1 aliphatic carbocycles. The van der Waals surface area contributed by atoms with Crippen molar-refractivity contribution in [3.05, 3.63) is 28.5 Å². The summed E-state index contributed by atoms with van der Waals surface area (Å²) < 4.78 is 6.30. The van der Waals surface area contributed by atoms with Gasteiger partial charge in [0.05, 0.1) is 5.56 Å². The number of hydrogen-bond acceptors (Lipinski definition) is 3. The fourth-order valence-corrected chi connectivity index (χ4v) is 1.91. The second kappa shape index (κ2) is 6.85. The molecule has 1 saturated carbocycles. The molecule has 1 aliphatic rings. The summed E-state index contributed by atoms with van der Waals surface area (Å²) in [6.07, 6.45) is 6.69. The van der Waals surface area contributed by atoms with Crippen LogP contribution in [0, 0.1) is 5.92 Å². The molecule has 1 aromatic heterocycles. The predicted molar refractivity (Wildman–Crippen MR) is 72.4 cm³/mol. The number of amides is 1. The Morgan fingerprint density at radius 3 is 3.06 bits per heavy atom. The monoisotopic (exact) mass is 312 g/mol. The van der Waals surface area contributed by atoms with Gasteiger partial charge in [0.15, 0.2) is 0 Å². The highest BCUT2D eigenvalue weighted by Crippen LogP contribution is 2.28. The molecule has 0 saturated heterocycles. The van der Waals surface area contributed by atoms with Crippen molar-refractivity contribution in [1.29, 1.82) is 0 Å². The molecule has 1 aromatic rings. The molecule has 98 valence electrons. The fourth-order valence-electron chi connectivity index (χ4n) is 1.55. The lowest BCUT2D eigenvalue weighted by molar-refractivity contribution is 0.0937. The molecular weight excluding hydrogens is 296 g/mol. The third kappa shape index (κ3) is 4.74. The number of halogens is 1. The lowest BCUT2D eigenvalue weighted by Crippen LogP contribution is -2.25. The van der Waals surface area contributed by atoms with Crippen molar-refractivity contribution in [2.24, 2.45) is 5.92 Å². The van der Waals surface area contributed by atoms with Gasteiger partial charge in [-0.05, 0) is 47.2 Å². The minimum atomic E-state index is -0.0917. The van der Waals surface area contributed by atoms with Crippen LogP contribution < -0.4 is 5.32 Å². The molecule has 0 aromatic carbocycles. The number of nitrogens with zero attached hydrogens (tertiary/aromatic N) is 1. The molecule has 1 N–H and O–H groups in total. The van der Waals surface area contributed by atoms with Gasteiger partial charge >= 0.3 is 0 Å². The van der Waals surface area contributed by atoms with E-state index >= 15 is 0 Å². The number of carbonyl (C=O) groups is 1. The van der Waals surface area contributed by atoms with Gasteiger partial charge < -0.3 is 10.1 Å². The summed E-state index contributed by atoms with van der Waals surface area (Å²) in [6, 6.07) is 1.76. The van der Waals surface area contributed by atoms with Gasteiger partial charge in [0.1, 0.15) is 0 Å². The van der Waals surface area contributed by atoms with E-state index in [1.807, 2.05) is 0 Å². The molecule has 1 fully saturated rings. The molecule has 0 radical (unpaired) electrons. The van der Waals surface area contributed by atoms with Crippen molar-refractivity contribution >= 4 is 21.8 Å². The normalized spacial score (nSPS) is 14.5. The van der Waals surface area contributed by atoms with Crippen LogP contribution in [-0.4, -0.2) is 30.6 Å². The van der Waals surface area contributed by atoms with Crippen molar-refractivity contribution in [3.8, 4) is 0 Å². The summed E-state index contributed by atoms with van der Waals surface area (Å²) in [7, 11) is 0. The smallest absolute Gasteiger partial charge is 0.252 e. The Morgan fingerprint density at radius 2 is 2.33 bits per heavy atom. The number of nitrogens with one attached hydrogen (secondary N) is 1. The minimum Gasteiger partial charge on any atom is -0.381 e. The molecule has 4 nitrogen and oxygen atoms in total. The van der Waals surface area contributed by atoms with Gasteiger partial charge in [0.25, 0.3) is 5.91 Å². The topological polar surface area (TPSA) is 51.2 Å². The lowest BCUT2D eigenvalue weighted by atomic mass is 10.2. The number of hydrogen-bond donors (Lipinski definition) is 1. The van der Waals surface area contributed by atoms with Gasteiger partial charge in [-0.15, -0.1) is 0 Å². The molecule has 18 heavy (non-hydrogen) atoms. The van der Waals surface area contributed by atoms with E-state index < -0.39 is 0 Å². The fraction of sp³-hybridized carbons (Fsp3) is 0.538. The molecule has 0 unspecified atom stereocenters. The number of carbonyl (C=O) groups excluding carboxylic acids is 1. The SMILES string of the molecule is O=C(NCCCOCC1CC1)c1cncc(Br)c1. The molecule has 1 heterocycles. The van der Waals surface area contributed by atoms with E-state index in [1.54, 1.807) is 18.5 Å². The van der Waals surface area contributed by atoms with Crippen LogP contribution in [-0.2, 0) is 4.74 Å². The van der Waals surface area contributed by atoms with E-state index in [4.69, 9.17) is 4.74 Å². The first-order chi connectivity index (χ1) is 8.75. The van der Waals surface area contributed by atoms with Crippen molar-refractivity contribution in [3.63, 3.8) is 0 Å². The molecule has 0 spiro atoms. The maximum absolute atomic E-state index is 11.7. The zero-order valence-corrected chi connectivity index (χ0v) is 11.8. The van der Waals surface area contributed by atoms with Crippen LogP contribution in [0.25, 0.3) is 0 Å². The lowest BCUT2D eigenvalue weighted by Gasteiger charge is -2.06. The zero-order valence-electron chi connectivity index (χ0n) is 10.2. The van der Waals surface area contributed by atoms with Crippen LogP contribution in [0.3, 0.4) is 0 Å². The Bertz CT molecular complexity index is 408. The van der Waals surface area contributed by atoms with E-state index in [0.29, 0.717) is 18.7 Å². The molecule has 0 aliphatic heterocycles. The Balaban J connectivity index is 1.59. The molecule has 0 bridgehead atoms. The first-order valence-electron chi connectivity index (χ1n) is 6.22. The van der Waals surface area contributed by atoms with Gasteiger partial charge in [0.2, 0.25) is 0 Å². The highest BCUT2D eigenvalue weighted by atomic mass is 79.9. The predicted octanol–water partition coefficient (Wildman–Crippen LogP) is 2.39. The summed E-state index contributed by atoms with van der Waals surface area (Å²) in [6.45, 7) is 2.23. The summed E-state index contributed by atoms with van der Waals surface area (Å²) in [4.78, 5) is 15.7. The van der Waals surface area contributed by atoms with Crippen LogP contribution in [0.2, 0.25) is 0 Å². The van der Waals surface area contributed by atoms with Gasteiger partial charge in [0, 0.05) is 36.6 Å². The van der Waals surface area contributed by atoms with Crippen molar-refractivity contribution < 1.29 is 9.53 Å². The van der Waals surface area contributed by atoms with Crippen molar-refractivity contribution in [1.82, 2.24) is 10.3 Å². The van der Waals surface area contributed by atoms with Crippen LogP contribution >= 0.6 is 15.9 Å². The summed E-state index contributed by atoms with van der Waals surface area (Å²) in [5.74, 6) is 0.707. The van der Waals surface area contributed by atoms with Crippen LogP contribution in [0.15, 0.2) is 22.9 Å². The van der Waals surface area contributed by atoms with Gasteiger partial charge in [-0.2, -0.15) is 0 Å². The summed E-state index contributed by atoms with van der Waals surface area (Å²) >= 11 is 3.29. The maximum atomic E-state index is 11.7. The Kier molecular flexibility index (Phi) is 5.13. The Labute approximate surface area is 115 Å². The first-order valence-corrected chi connectivity index (χ1v) is 7.01. The Morgan fingerprint density at radius 1 is 1.50 bits per heavy atom. The molecular formula is C13H17BrN2O2. The molecule has 2 rings (SSSR count). The second-order valence-electron chi connectivity index (χ2n) is 4.52. The zero-order chi connectivity index (χ0) is 12.8. The average molecular weight is 313 g/mol. The molecule has 5 heteroatoms. The van der Waals surface area contributed by atoms with Crippen LogP contribution in [0.4, 0.5) is 0 Å². The largest absolute Gasteiger partial charge is 0.381 e. The number of rotatable bonds is 7. The standard InChI is InChI=1S/C13H17BrN2O2/c14-12-6-11(7-15-8-12)13(17)16-4-1-5-18-9-10-2-3-10/h6-8,10H,1-5,9H2,(H,16,17). The average Bonchev–Trinajstić information content (AvgIpc) is 3.17. The van der Waals surface area contributed by atoms with Gasteiger partial charge in [-0.1, -0.05) is 0 Å². The highest BCUT2D eigenvalue weighted by molar-refractivity contribution is 9.10. The highest BCUT2D eigenvalue weighted by Gasteiger charge is 2.20. The third-order valence-electron chi connectivity index (χ3n) is 2.77. The van der Waals surface area contributed by atoms with E-state index in [-0.39, 0.29) is 5.91 Å². The first kappa shape index (κ1) is 13.5. The van der Waals surface area contributed by atoms with E-state index in [2.05, 4.69) is 26.2 Å². The van der Waals surface area contributed by atoms with E-state index in [9.17, 15) is 4.79 Å². The van der Waals surface area contributed by atoms with Gasteiger partial charge in [-0.25, -0.2) is 0 Å². The quantitative estimate of drug-likeness (QED) is 0.787. The molecule has 1 amide bonds. The van der Waals surface area contributed by atoms with E-state index in [1.165, 1.54) is 12.8 Å². The molecule has 0 atom stereocenters. The second-order valence-corrected chi connectivity index (χ2v) is 5.44. The van der Waals surface area contributed by atoms with Crippen molar-refractivity contribution in [2.75, 3.05) is 19.8 Å². The number of aromatic nitrogens is 1. The number of pyridine rings is 1. The maximum Gasteiger partial charge on any atom is 0.252 e. The van der Waals surface area contributed by atoms with Gasteiger partial charge in [-0.3, -0.25) is 9.78 Å².